The first-order chi connectivity index (χ1) is 7.50. The third-order valence-corrected chi connectivity index (χ3v) is 3.04. The van der Waals surface area contributed by atoms with Crippen molar-refractivity contribution in [2.45, 2.75) is 6.42 Å². The number of hydrogen-bond donors (Lipinski definition) is 0. The smallest absolute Gasteiger partial charge is 0.284 e. The molecule has 0 saturated carbocycles. The standard InChI is InChI=1S/C9H15ClN4OS/c1-13(2)5-4-6-14(3)8(15)7-11-12-9(10)16-7/h4-6H2,1-3H3. The second-order valence-corrected chi connectivity index (χ2v) is 5.30. The average molecular weight is 263 g/mol. The number of rotatable bonds is 5. The van der Waals surface area contributed by atoms with Gasteiger partial charge in [-0.2, -0.15) is 0 Å². The Morgan fingerprint density at radius 2 is 2.00 bits per heavy atom. The molecule has 5 nitrogen and oxygen atoms in total. The molecule has 0 aliphatic carbocycles. The maximum Gasteiger partial charge on any atom is 0.284 e. The molecular weight excluding hydrogens is 248 g/mol. The Hall–Kier alpha value is -0.720. The van der Waals surface area contributed by atoms with Gasteiger partial charge < -0.3 is 9.80 Å². The first kappa shape index (κ1) is 13.3. The molecule has 0 fully saturated rings. The lowest BCUT2D eigenvalue weighted by molar-refractivity contribution is 0.0789. The molecule has 0 aromatic carbocycles. The molecule has 7 heteroatoms. The Labute approximate surface area is 104 Å². The van der Waals surface area contributed by atoms with E-state index in [0.29, 0.717) is 16.0 Å². The van der Waals surface area contributed by atoms with Gasteiger partial charge >= 0.3 is 0 Å². The summed E-state index contributed by atoms with van der Waals surface area (Å²) in [5, 5.41) is 7.67. The van der Waals surface area contributed by atoms with E-state index in [2.05, 4.69) is 15.1 Å². The summed E-state index contributed by atoms with van der Waals surface area (Å²) in [5.74, 6) is -0.122. The number of nitrogens with zero attached hydrogens (tertiary/aromatic N) is 4. The van der Waals surface area contributed by atoms with Gasteiger partial charge in [-0.3, -0.25) is 4.79 Å². The largest absolute Gasteiger partial charge is 0.340 e. The van der Waals surface area contributed by atoms with Crippen molar-refractivity contribution in [2.75, 3.05) is 34.2 Å². The molecule has 0 aliphatic heterocycles. The van der Waals surface area contributed by atoms with Crippen molar-refractivity contribution in [3.05, 3.63) is 9.47 Å². The molecule has 0 atom stereocenters. The van der Waals surface area contributed by atoms with E-state index in [4.69, 9.17) is 11.6 Å². The van der Waals surface area contributed by atoms with Crippen molar-refractivity contribution in [2.24, 2.45) is 0 Å². The molecule has 0 radical (unpaired) electrons. The molecule has 1 amide bonds. The summed E-state index contributed by atoms with van der Waals surface area (Å²) in [6.45, 7) is 1.66. The first-order valence-electron chi connectivity index (χ1n) is 4.90. The van der Waals surface area contributed by atoms with E-state index >= 15 is 0 Å². The van der Waals surface area contributed by atoms with Gasteiger partial charge in [0.15, 0.2) is 0 Å². The minimum atomic E-state index is -0.122. The van der Waals surface area contributed by atoms with Crippen LogP contribution in [0.3, 0.4) is 0 Å². The summed E-state index contributed by atoms with van der Waals surface area (Å²) >= 11 is 6.73. The van der Waals surface area contributed by atoms with Crippen LogP contribution in [0.5, 0.6) is 0 Å². The lowest BCUT2D eigenvalue weighted by Gasteiger charge is -2.16. The van der Waals surface area contributed by atoms with Gasteiger partial charge in [0.05, 0.1) is 0 Å². The number of carbonyl (C=O) groups excluding carboxylic acids is 1. The topological polar surface area (TPSA) is 49.3 Å². The van der Waals surface area contributed by atoms with Crippen LogP contribution in [0.2, 0.25) is 4.47 Å². The third kappa shape index (κ3) is 4.03. The predicted octanol–water partition coefficient (Wildman–Crippen LogP) is 1.22. The highest BCUT2D eigenvalue weighted by molar-refractivity contribution is 7.17. The molecule has 1 aromatic heterocycles. The summed E-state index contributed by atoms with van der Waals surface area (Å²) in [4.78, 5) is 15.5. The zero-order valence-corrected chi connectivity index (χ0v) is 11.2. The highest BCUT2D eigenvalue weighted by Gasteiger charge is 2.16. The SMILES string of the molecule is CN(C)CCCN(C)C(=O)c1nnc(Cl)s1. The molecule has 0 saturated heterocycles. The fourth-order valence-corrected chi connectivity index (χ4v) is 2.00. The van der Waals surface area contributed by atoms with E-state index in [1.54, 1.807) is 11.9 Å². The Morgan fingerprint density at radius 3 is 2.50 bits per heavy atom. The van der Waals surface area contributed by atoms with Crippen LogP contribution in [0.15, 0.2) is 0 Å². The van der Waals surface area contributed by atoms with Gasteiger partial charge in [-0.05, 0) is 38.7 Å². The molecule has 1 heterocycles. The summed E-state index contributed by atoms with van der Waals surface area (Å²) in [6.07, 6.45) is 0.932. The Kier molecular flexibility index (Phi) is 5.11. The average Bonchev–Trinajstić information content (AvgIpc) is 2.63. The quantitative estimate of drug-likeness (QED) is 0.801. The monoisotopic (exact) mass is 262 g/mol. The van der Waals surface area contributed by atoms with E-state index in [9.17, 15) is 4.79 Å². The lowest BCUT2D eigenvalue weighted by atomic mass is 10.3. The number of amides is 1. The van der Waals surface area contributed by atoms with Gasteiger partial charge in [0.2, 0.25) is 9.47 Å². The Bertz CT molecular complexity index is 355. The molecule has 0 spiro atoms. The minimum Gasteiger partial charge on any atom is -0.340 e. The van der Waals surface area contributed by atoms with E-state index in [-0.39, 0.29) is 5.91 Å². The molecular formula is C9H15ClN4OS. The van der Waals surface area contributed by atoms with Gasteiger partial charge in [0.1, 0.15) is 0 Å². The molecule has 1 aromatic rings. The fourth-order valence-electron chi connectivity index (χ4n) is 1.18. The van der Waals surface area contributed by atoms with E-state index in [1.807, 2.05) is 14.1 Å². The molecule has 0 N–H and O–H groups in total. The van der Waals surface area contributed by atoms with Crippen molar-refractivity contribution in [1.29, 1.82) is 0 Å². The predicted molar refractivity (Wildman–Crippen MR) is 65.1 cm³/mol. The highest BCUT2D eigenvalue weighted by atomic mass is 35.5. The molecule has 0 bridgehead atoms. The second kappa shape index (κ2) is 6.12. The van der Waals surface area contributed by atoms with Crippen LogP contribution < -0.4 is 0 Å². The summed E-state index contributed by atoms with van der Waals surface area (Å²) < 4.78 is 0.296. The Balaban J connectivity index is 2.42. The Morgan fingerprint density at radius 1 is 1.31 bits per heavy atom. The molecule has 0 unspecified atom stereocenters. The maximum atomic E-state index is 11.8. The van der Waals surface area contributed by atoms with Crippen LogP contribution in [0.1, 0.15) is 16.2 Å². The van der Waals surface area contributed by atoms with E-state index in [1.165, 1.54) is 0 Å². The van der Waals surface area contributed by atoms with Crippen molar-refractivity contribution in [3.8, 4) is 0 Å². The van der Waals surface area contributed by atoms with Crippen LogP contribution in [0.25, 0.3) is 0 Å². The van der Waals surface area contributed by atoms with Crippen LogP contribution >= 0.6 is 22.9 Å². The van der Waals surface area contributed by atoms with Gasteiger partial charge in [-0.1, -0.05) is 11.3 Å². The maximum absolute atomic E-state index is 11.8. The number of carbonyl (C=O) groups is 1. The third-order valence-electron chi connectivity index (χ3n) is 2.03. The van der Waals surface area contributed by atoms with E-state index in [0.717, 1.165) is 24.3 Å². The van der Waals surface area contributed by atoms with Crippen LogP contribution in [-0.4, -0.2) is 60.1 Å². The zero-order chi connectivity index (χ0) is 12.1. The fraction of sp³-hybridized carbons (Fsp3) is 0.667. The van der Waals surface area contributed by atoms with Crippen molar-refractivity contribution in [1.82, 2.24) is 20.0 Å². The number of hydrogen-bond acceptors (Lipinski definition) is 5. The summed E-state index contributed by atoms with van der Waals surface area (Å²) in [7, 11) is 5.77. The van der Waals surface area contributed by atoms with Crippen molar-refractivity contribution in [3.63, 3.8) is 0 Å². The molecule has 90 valence electrons. The van der Waals surface area contributed by atoms with Crippen LogP contribution in [0, 0.1) is 0 Å². The van der Waals surface area contributed by atoms with E-state index < -0.39 is 0 Å². The zero-order valence-electron chi connectivity index (χ0n) is 9.60. The number of aromatic nitrogens is 2. The summed E-state index contributed by atoms with van der Waals surface area (Å²) in [6, 6.07) is 0. The minimum absolute atomic E-state index is 0.122. The van der Waals surface area contributed by atoms with Crippen LogP contribution in [0.4, 0.5) is 0 Å². The van der Waals surface area contributed by atoms with Crippen molar-refractivity contribution >= 4 is 28.8 Å². The first-order valence-corrected chi connectivity index (χ1v) is 6.09. The van der Waals surface area contributed by atoms with Gasteiger partial charge in [-0.25, -0.2) is 0 Å². The second-order valence-electron chi connectivity index (χ2n) is 3.74. The lowest BCUT2D eigenvalue weighted by Crippen LogP contribution is -2.29. The number of halogens is 1. The molecule has 1 rings (SSSR count). The van der Waals surface area contributed by atoms with Crippen molar-refractivity contribution < 1.29 is 4.79 Å². The van der Waals surface area contributed by atoms with Gasteiger partial charge in [-0.15, -0.1) is 10.2 Å². The summed E-state index contributed by atoms with van der Waals surface area (Å²) in [5.41, 5.74) is 0. The normalized spacial score (nSPS) is 10.8. The molecule has 16 heavy (non-hydrogen) atoms. The highest BCUT2D eigenvalue weighted by Crippen LogP contribution is 2.16. The van der Waals surface area contributed by atoms with Gasteiger partial charge in [0, 0.05) is 13.6 Å². The van der Waals surface area contributed by atoms with Crippen LogP contribution in [-0.2, 0) is 0 Å². The van der Waals surface area contributed by atoms with Gasteiger partial charge in [0.25, 0.3) is 5.91 Å². The molecule has 0 aliphatic rings.